The highest BCUT2D eigenvalue weighted by Crippen LogP contribution is 2.50. The predicted molar refractivity (Wildman–Crippen MR) is 167 cm³/mol. The second-order valence-electron chi connectivity index (χ2n) is 13.3. The van der Waals surface area contributed by atoms with E-state index >= 15 is 0 Å². The minimum absolute atomic E-state index is 0.111. The van der Waals surface area contributed by atoms with Crippen LogP contribution in [0.25, 0.3) is 0 Å². The van der Waals surface area contributed by atoms with Gasteiger partial charge in [-0.05, 0) is 68.2 Å². The number of aromatic amines is 1. The molecule has 0 radical (unpaired) electrons. The number of carbonyl (C=O) groups is 1. The minimum atomic E-state index is -0.662. The number of H-pyrrole nitrogens is 1. The van der Waals surface area contributed by atoms with E-state index in [-0.39, 0.29) is 5.41 Å². The molecule has 6 rings (SSSR count). The molecule has 1 saturated carbocycles. The fourth-order valence-electron chi connectivity index (χ4n) is 8.37. The molecule has 2 N–H and O–H groups in total. The summed E-state index contributed by atoms with van der Waals surface area (Å²) >= 11 is 0. The van der Waals surface area contributed by atoms with Gasteiger partial charge in [0, 0.05) is 57.0 Å². The molecular weight excluding hydrogens is 538 g/mol. The van der Waals surface area contributed by atoms with E-state index in [2.05, 4.69) is 65.4 Å². The van der Waals surface area contributed by atoms with Gasteiger partial charge in [-0.15, -0.1) is 0 Å². The first-order valence-corrected chi connectivity index (χ1v) is 16.4. The van der Waals surface area contributed by atoms with Crippen LogP contribution in [0.4, 0.5) is 0 Å². The van der Waals surface area contributed by atoms with Crippen molar-refractivity contribution >= 4 is 5.97 Å². The first kappa shape index (κ1) is 30.0. The van der Waals surface area contributed by atoms with E-state index in [4.69, 9.17) is 0 Å². The van der Waals surface area contributed by atoms with Crippen molar-refractivity contribution in [3.63, 3.8) is 0 Å². The summed E-state index contributed by atoms with van der Waals surface area (Å²) in [6, 6.07) is 9.45. The topological polar surface area (TPSA) is 93.5 Å². The van der Waals surface area contributed by atoms with E-state index in [1.54, 1.807) is 6.20 Å². The van der Waals surface area contributed by atoms with Crippen LogP contribution < -0.4 is 0 Å². The molecule has 1 spiro atoms. The van der Waals surface area contributed by atoms with Crippen molar-refractivity contribution in [2.75, 3.05) is 13.1 Å². The molecule has 1 unspecified atom stereocenters. The van der Waals surface area contributed by atoms with Crippen molar-refractivity contribution < 1.29 is 9.90 Å². The maximum Gasteiger partial charge on any atom is 0.320 e. The van der Waals surface area contributed by atoms with Gasteiger partial charge in [0.25, 0.3) is 0 Å². The molecule has 0 amide bonds. The zero-order chi connectivity index (χ0) is 29.8. The van der Waals surface area contributed by atoms with E-state index in [0.29, 0.717) is 19.1 Å². The summed E-state index contributed by atoms with van der Waals surface area (Å²) in [5.41, 5.74) is 2.52. The minimum Gasteiger partial charge on any atom is -0.480 e. The molecule has 2 saturated heterocycles. The molecule has 3 aromatic rings. The molecule has 4 heterocycles. The average molecular weight is 588 g/mol. The first-order chi connectivity index (χ1) is 20.9. The van der Waals surface area contributed by atoms with E-state index in [1.165, 1.54) is 43.2 Å². The van der Waals surface area contributed by atoms with Gasteiger partial charge < -0.3 is 19.6 Å². The zero-order valence-corrected chi connectivity index (χ0v) is 26.0. The van der Waals surface area contributed by atoms with Crippen LogP contribution in [0.2, 0.25) is 0 Å². The van der Waals surface area contributed by atoms with Gasteiger partial charge in [-0.1, -0.05) is 50.5 Å². The second-order valence-corrected chi connectivity index (χ2v) is 13.3. The number of imidazole rings is 2. The smallest absolute Gasteiger partial charge is 0.320 e. The highest BCUT2D eigenvalue weighted by molar-refractivity contribution is 5.74. The van der Waals surface area contributed by atoms with Crippen LogP contribution in [0.1, 0.15) is 87.5 Å². The van der Waals surface area contributed by atoms with Crippen molar-refractivity contribution in [2.45, 2.75) is 109 Å². The number of rotatable bonds is 11. The number of likely N-dealkylation sites (tertiary alicyclic amines) is 2. The third-order valence-electron chi connectivity index (χ3n) is 10.7. The molecule has 1 aromatic carbocycles. The molecule has 2 atom stereocenters. The average Bonchev–Trinajstić information content (AvgIpc) is 3.75. The Morgan fingerprint density at radius 2 is 1.77 bits per heavy atom. The van der Waals surface area contributed by atoms with Gasteiger partial charge in [0.2, 0.25) is 0 Å². The first-order valence-electron chi connectivity index (χ1n) is 16.4. The standard InChI is InChI=1S/C34H49N7O2/c1-3-30-34(13-18-40(19-14-34)28-7-5-4-6-8-28)21-29(33(42)43)41(30)23-27-11-9-26(10-12-27)22-39(24-31-35-15-16-36-31)25-32-37-17-20-38(32)2/h9-12,15-17,20,28-30H,3-8,13-14,18-19,21-25H2,1-2H3,(H,35,36)(H,42,43)/t29-,30?/m1/s1. The van der Waals surface area contributed by atoms with Crippen molar-refractivity contribution in [3.05, 3.63) is 71.8 Å². The molecule has 9 nitrogen and oxygen atoms in total. The van der Waals surface area contributed by atoms with E-state index < -0.39 is 12.0 Å². The molecular formula is C34H49N7O2. The molecule has 9 heteroatoms. The Balaban J connectivity index is 1.13. The number of aliphatic carboxylic acids is 1. The maximum atomic E-state index is 12.6. The van der Waals surface area contributed by atoms with E-state index in [9.17, 15) is 9.90 Å². The summed E-state index contributed by atoms with van der Waals surface area (Å²) in [5.74, 6) is 1.29. The lowest BCUT2D eigenvalue weighted by molar-refractivity contribution is -0.142. The second kappa shape index (κ2) is 13.3. The number of carboxylic acids is 1. The zero-order valence-electron chi connectivity index (χ0n) is 26.0. The Bertz CT molecular complexity index is 1310. The summed E-state index contributed by atoms with van der Waals surface area (Å²) in [7, 11) is 2.03. The Labute approximate surface area is 256 Å². The number of nitrogens with one attached hydrogen (secondary N) is 1. The number of nitrogens with zero attached hydrogens (tertiary/aromatic N) is 6. The Hall–Kier alpha value is -3.01. The molecule has 3 aliphatic rings. The van der Waals surface area contributed by atoms with Crippen LogP contribution in [0, 0.1) is 5.41 Å². The van der Waals surface area contributed by atoms with Crippen LogP contribution in [0.15, 0.2) is 49.1 Å². The van der Waals surface area contributed by atoms with Crippen LogP contribution in [0.5, 0.6) is 0 Å². The molecule has 0 bridgehead atoms. The van der Waals surface area contributed by atoms with E-state index in [0.717, 1.165) is 69.6 Å². The highest BCUT2D eigenvalue weighted by atomic mass is 16.4. The Morgan fingerprint density at radius 3 is 2.40 bits per heavy atom. The van der Waals surface area contributed by atoms with Crippen LogP contribution in [-0.2, 0) is 38.0 Å². The lowest BCUT2D eigenvalue weighted by Gasteiger charge is -2.47. The van der Waals surface area contributed by atoms with E-state index in [1.807, 2.05) is 25.6 Å². The van der Waals surface area contributed by atoms with Gasteiger partial charge in [-0.2, -0.15) is 0 Å². The third kappa shape index (κ3) is 6.74. The van der Waals surface area contributed by atoms with Gasteiger partial charge in [0.05, 0.1) is 13.1 Å². The van der Waals surface area contributed by atoms with Crippen molar-refractivity contribution in [1.29, 1.82) is 0 Å². The largest absolute Gasteiger partial charge is 0.480 e. The SMILES string of the molecule is CCC1N(Cc2ccc(CN(Cc3ncc[nH]3)Cc3nccn3C)cc2)[C@@H](C(=O)O)CC12CCN(C1CCCCC1)CC2. The number of hydrogen-bond donors (Lipinski definition) is 2. The number of hydrogen-bond acceptors (Lipinski definition) is 6. The molecule has 43 heavy (non-hydrogen) atoms. The summed E-state index contributed by atoms with van der Waals surface area (Å²) in [6.07, 6.45) is 18.3. The predicted octanol–water partition coefficient (Wildman–Crippen LogP) is 5.20. The number of piperidine rings is 1. The summed E-state index contributed by atoms with van der Waals surface area (Å²) < 4.78 is 2.06. The number of aryl methyl sites for hydroxylation is 1. The van der Waals surface area contributed by atoms with Crippen LogP contribution in [-0.4, -0.2) is 76.5 Å². The van der Waals surface area contributed by atoms with Gasteiger partial charge in [0.15, 0.2) is 0 Å². The van der Waals surface area contributed by atoms with Crippen molar-refractivity contribution in [3.8, 4) is 0 Å². The summed E-state index contributed by atoms with van der Waals surface area (Å²) in [6.45, 7) is 7.40. The lowest BCUT2D eigenvalue weighted by atomic mass is 9.70. The maximum absolute atomic E-state index is 12.6. The van der Waals surface area contributed by atoms with Crippen LogP contribution >= 0.6 is 0 Å². The van der Waals surface area contributed by atoms with Gasteiger partial charge in [-0.25, -0.2) is 9.97 Å². The molecule has 2 aromatic heterocycles. The highest BCUT2D eigenvalue weighted by Gasteiger charge is 2.54. The summed E-state index contributed by atoms with van der Waals surface area (Å²) in [5, 5.41) is 10.3. The molecule has 1 aliphatic carbocycles. The lowest BCUT2D eigenvalue weighted by Crippen LogP contribution is -2.50. The van der Waals surface area contributed by atoms with Crippen molar-refractivity contribution in [2.24, 2.45) is 12.5 Å². The number of aromatic nitrogens is 4. The van der Waals surface area contributed by atoms with Crippen molar-refractivity contribution in [1.82, 2.24) is 34.2 Å². The fourth-order valence-corrected chi connectivity index (χ4v) is 8.37. The van der Waals surface area contributed by atoms with Gasteiger partial charge >= 0.3 is 5.97 Å². The third-order valence-corrected chi connectivity index (χ3v) is 10.7. The monoisotopic (exact) mass is 587 g/mol. The Morgan fingerprint density at radius 1 is 1.02 bits per heavy atom. The van der Waals surface area contributed by atoms with Crippen LogP contribution in [0.3, 0.4) is 0 Å². The Kier molecular flexibility index (Phi) is 9.31. The number of benzene rings is 1. The molecule has 232 valence electrons. The normalized spacial score (nSPS) is 23.4. The van der Waals surface area contributed by atoms with Gasteiger partial charge in [-0.3, -0.25) is 14.6 Å². The quantitative estimate of drug-likeness (QED) is 0.319. The molecule has 2 aliphatic heterocycles. The van der Waals surface area contributed by atoms with Gasteiger partial charge in [0.1, 0.15) is 17.7 Å². The number of carboxylic acid groups (broad SMARTS) is 1. The fraction of sp³-hybridized carbons (Fsp3) is 0.618. The molecule has 3 fully saturated rings. The summed E-state index contributed by atoms with van der Waals surface area (Å²) in [4.78, 5) is 32.2.